The molecular formula is C15H18N6O3S. The van der Waals surface area contributed by atoms with Gasteiger partial charge >= 0.3 is 0 Å². The van der Waals surface area contributed by atoms with Crippen LogP contribution in [0.5, 0.6) is 0 Å². The van der Waals surface area contributed by atoms with Gasteiger partial charge in [0.15, 0.2) is 0 Å². The molecule has 25 heavy (non-hydrogen) atoms. The molecule has 2 fully saturated rings. The molecule has 4 heterocycles. The Morgan fingerprint density at radius 2 is 2.12 bits per heavy atom. The molecule has 0 radical (unpaired) electrons. The number of carbonyl (C=O) groups is 1. The maximum absolute atomic E-state index is 12.5. The molecule has 1 amide bonds. The Kier molecular flexibility index (Phi) is 4.00. The standard InChI is InChI=1S/C15H18N6O3S/c22-15-4-2-6-19(15)8-12-9-21(18-17-12)13-10-20(11-13)25(23,24)14-3-1-5-16-7-14/h1,3,5,7,9,13H,2,4,6,8,10-11H2. The van der Waals surface area contributed by atoms with E-state index >= 15 is 0 Å². The van der Waals surface area contributed by atoms with Gasteiger partial charge in [-0.25, -0.2) is 13.1 Å². The summed E-state index contributed by atoms with van der Waals surface area (Å²) in [5, 5.41) is 8.19. The van der Waals surface area contributed by atoms with Gasteiger partial charge in [0, 0.05) is 38.4 Å². The van der Waals surface area contributed by atoms with Crippen LogP contribution in [0.2, 0.25) is 0 Å². The Labute approximate surface area is 145 Å². The van der Waals surface area contributed by atoms with Crippen molar-refractivity contribution < 1.29 is 13.2 Å². The summed E-state index contributed by atoms with van der Waals surface area (Å²) in [6.07, 6.45) is 6.17. The molecule has 2 aromatic heterocycles. The van der Waals surface area contributed by atoms with Gasteiger partial charge in [0.25, 0.3) is 0 Å². The highest BCUT2D eigenvalue weighted by Gasteiger charge is 2.38. The molecule has 132 valence electrons. The quantitative estimate of drug-likeness (QED) is 0.744. The fourth-order valence-electron chi connectivity index (χ4n) is 3.06. The maximum atomic E-state index is 12.5. The number of hydrogen-bond acceptors (Lipinski definition) is 6. The van der Waals surface area contributed by atoms with Crippen molar-refractivity contribution in [2.75, 3.05) is 19.6 Å². The summed E-state index contributed by atoms with van der Waals surface area (Å²) in [4.78, 5) is 17.5. The van der Waals surface area contributed by atoms with Gasteiger partial charge in [-0.05, 0) is 18.6 Å². The number of amides is 1. The van der Waals surface area contributed by atoms with Crippen LogP contribution in [-0.2, 0) is 21.4 Å². The van der Waals surface area contributed by atoms with Gasteiger partial charge in [0.1, 0.15) is 10.6 Å². The number of aromatic nitrogens is 4. The minimum atomic E-state index is -3.51. The highest BCUT2D eigenvalue weighted by atomic mass is 32.2. The molecule has 2 aliphatic rings. The largest absolute Gasteiger partial charge is 0.337 e. The van der Waals surface area contributed by atoms with E-state index in [0.717, 1.165) is 18.7 Å². The SMILES string of the molecule is O=C1CCCN1Cc1cn(C2CN(S(=O)(=O)c3cccnc3)C2)nn1. The van der Waals surface area contributed by atoms with Gasteiger partial charge in [-0.3, -0.25) is 9.78 Å². The molecule has 0 aliphatic carbocycles. The maximum Gasteiger partial charge on any atom is 0.244 e. The van der Waals surface area contributed by atoms with Crippen molar-refractivity contribution in [1.29, 1.82) is 0 Å². The Bertz CT molecular complexity index is 876. The Morgan fingerprint density at radius 3 is 2.80 bits per heavy atom. The Morgan fingerprint density at radius 1 is 1.28 bits per heavy atom. The third-order valence-corrected chi connectivity index (χ3v) is 6.37. The van der Waals surface area contributed by atoms with E-state index in [9.17, 15) is 13.2 Å². The lowest BCUT2D eigenvalue weighted by Crippen LogP contribution is -2.50. The fourth-order valence-corrected chi connectivity index (χ4v) is 4.54. The number of pyridine rings is 1. The molecule has 0 unspecified atom stereocenters. The summed E-state index contributed by atoms with van der Waals surface area (Å²) in [6, 6.07) is 3.10. The van der Waals surface area contributed by atoms with Crippen LogP contribution < -0.4 is 0 Å². The molecule has 0 bridgehead atoms. The third kappa shape index (κ3) is 3.02. The lowest BCUT2D eigenvalue weighted by atomic mass is 10.2. The third-order valence-electron chi connectivity index (χ3n) is 4.56. The van der Waals surface area contributed by atoms with E-state index in [2.05, 4.69) is 15.3 Å². The lowest BCUT2D eigenvalue weighted by Gasteiger charge is -2.37. The van der Waals surface area contributed by atoms with Gasteiger partial charge in [0.05, 0.1) is 18.8 Å². The summed E-state index contributed by atoms with van der Waals surface area (Å²) in [6.45, 7) is 1.92. The van der Waals surface area contributed by atoms with Crippen LogP contribution in [-0.4, -0.2) is 63.1 Å². The first-order chi connectivity index (χ1) is 12.0. The lowest BCUT2D eigenvalue weighted by molar-refractivity contribution is -0.128. The molecule has 9 nitrogen and oxygen atoms in total. The van der Waals surface area contributed by atoms with Crippen LogP contribution in [0.1, 0.15) is 24.6 Å². The van der Waals surface area contributed by atoms with Crippen LogP contribution in [0.3, 0.4) is 0 Å². The van der Waals surface area contributed by atoms with Crippen molar-refractivity contribution in [3.8, 4) is 0 Å². The molecule has 2 aromatic rings. The molecule has 4 rings (SSSR count). The molecule has 10 heteroatoms. The summed E-state index contributed by atoms with van der Waals surface area (Å²) in [5.41, 5.74) is 0.726. The van der Waals surface area contributed by atoms with Crippen LogP contribution in [0.25, 0.3) is 0 Å². The second kappa shape index (κ2) is 6.19. The first-order valence-electron chi connectivity index (χ1n) is 8.13. The van der Waals surface area contributed by atoms with E-state index in [1.54, 1.807) is 28.0 Å². The van der Waals surface area contributed by atoms with E-state index in [1.807, 2.05) is 0 Å². The monoisotopic (exact) mass is 362 g/mol. The highest BCUT2D eigenvalue weighted by molar-refractivity contribution is 7.89. The zero-order valence-electron chi connectivity index (χ0n) is 13.5. The van der Waals surface area contributed by atoms with Gasteiger partial charge < -0.3 is 4.90 Å². The smallest absolute Gasteiger partial charge is 0.244 e. The molecule has 2 saturated heterocycles. The number of hydrogen-bond donors (Lipinski definition) is 0. The van der Waals surface area contributed by atoms with E-state index in [-0.39, 0.29) is 16.8 Å². The van der Waals surface area contributed by atoms with E-state index < -0.39 is 10.0 Å². The number of carbonyl (C=O) groups excluding carboxylic acids is 1. The number of likely N-dealkylation sites (tertiary alicyclic amines) is 1. The molecule has 0 atom stereocenters. The predicted octanol–water partition coefficient (Wildman–Crippen LogP) is 0.0411. The summed E-state index contributed by atoms with van der Waals surface area (Å²) in [5.74, 6) is 0.145. The van der Waals surface area contributed by atoms with Crippen molar-refractivity contribution in [2.24, 2.45) is 0 Å². The summed E-state index contributed by atoms with van der Waals surface area (Å²) < 4.78 is 28.0. The van der Waals surface area contributed by atoms with Crippen LogP contribution in [0.4, 0.5) is 0 Å². The zero-order chi connectivity index (χ0) is 17.4. The van der Waals surface area contributed by atoms with Crippen molar-refractivity contribution in [3.63, 3.8) is 0 Å². The Balaban J connectivity index is 1.39. The highest BCUT2D eigenvalue weighted by Crippen LogP contribution is 2.27. The van der Waals surface area contributed by atoms with Crippen LogP contribution in [0.15, 0.2) is 35.6 Å². The Hall–Kier alpha value is -2.33. The van der Waals surface area contributed by atoms with Crippen LogP contribution >= 0.6 is 0 Å². The zero-order valence-corrected chi connectivity index (χ0v) is 14.3. The van der Waals surface area contributed by atoms with Gasteiger partial charge in [-0.2, -0.15) is 4.31 Å². The molecule has 0 aromatic carbocycles. The van der Waals surface area contributed by atoms with Crippen molar-refractivity contribution >= 4 is 15.9 Å². The minimum absolute atomic E-state index is 0.0398. The second-order valence-electron chi connectivity index (χ2n) is 6.27. The number of nitrogens with zero attached hydrogens (tertiary/aromatic N) is 6. The minimum Gasteiger partial charge on any atom is -0.337 e. The molecule has 2 aliphatic heterocycles. The first-order valence-corrected chi connectivity index (χ1v) is 9.57. The van der Waals surface area contributed by atoms with Gasteiger partial charge in [0.2, 0.25) is 15.9 Å². The second-order valence-corrected chi connectivity index (χ2v) is 8.21. The van der Waals surface area contributed by atoms with Gasteiger partial charge in [-0.15, -0.1) is 5.10 Å². The van der Waals surface area contributed by atoms with Gasteiger partial charge in [-0.1, -0.05) is 5.21 Å². The average Bonchev–Trinajstić information content (AvgIpc) is 3.17. The number of rotatable bonds is 5. The van der Waals surface area contributed by atoms with Crippen molar-refractivity contribution in [3.05, 3.63) is 36.4 Å². The summed E-state index contributed by atoms with van der Waals surface area (Å²) in [7, 11) is -3.51. The molecule has 0 spiro atoms. The molecular weight excluding hydrogens is 344 g/mol. The van der Waals surface area contributed by atoms with E-state index in [1.165, 1.54) is 16.6 Å². The molecule has 0 N–H and O–H groups in total. The topological polar surface area (TPSA) is 101 Å². The molecule has 0 saturated carbocycles. The normalized spacial score (nSPS) is 19.4. The number of sulfonamides is 1. The van der Waals surface area contributed by atoms with E-state index in [4.69, 9.17) is 0 Å². The van der Waals surface area contributed by atoms with E-state index in [0.29, 0.717) is 26.1 Å². The van der Waals surface area contributed by atoms with Crippen molar-refractivity contribution in [2.45, 2.75) is 30.3 Å². The fraction of sp³-hybridized carbons (Fsp3) is 0.467. The predicted molar refractivity (Wildman–Crippen MR) is 86.7 cm³/mol. The first kappa shape index (κ1) is 16.2. The average molecular weight is 362 g/mol. The van der Waals surface area contributed by atoms with Crippen molar-refractivity contribution in [1.82, 2.24) is 29.2 Å². The van der Waals surface area contributed by atoms with Crippen LogP contribution in [0, 0.1) is 0 Å². The summed E-state index contributed by atoms with van der Waals surface area (Å²) >= 11 is 0.